The van der Waals surface area contributed by atoms with Crippen LogP contribution >= 0.6 is 0 Å². The predicted molar refractivity (Wildman–Crippen MR) is 120 cm³/mol. The average molecular weight is 429 g/mol. The first kappa shape index (κ1) is 20.2. The summed E-state index contributed by atoms with van der Waals surface area (Å²) in [5, 5.41) is 23.0. The smallest absolute Gasteiger partial charge is 0.214 e. The van der Waals surface area contributed by atoms with E-state index in [9.17, 15) is 5.11 Å². The van der Waals surface area contributed by atoms with Crippen LogP contribution in [0, 0.1) is 0 Å². The number of phenols is 1. The molecule has 0 spiro atoms. The highest BCUT2D eigenvalue weighted by Gasteiger charge is 2.34. The van der Waals surface area contributed by atoms with E-state index in [2.05, 4.69) is 51.9 Å². The van der Waals surface area contributed by atoms with Crippen molar-refractivity contribution in [3.63, 3.8) is 0 Å². The summed E-state index contributed by atoms with van der Waals surface area (Å²) < 4.78 is 7.29. The number of phenolic OH excluding ortho intramolecular Hbond substituents is 1. The van der Waals surface area contributed by atoms with E-state index in [1.165, 1.54) is 16.0 Å². The van der Waals surface area contributed by atoms with Gasteiger partial charge in [-0.25, -0.2) is 4.68 Å². The molecule has 0 saturated carbocycles. The van der Waals surface area contributed by atoms with Crippen LogP contribution in [0.15, 0.2) is 72.8 Å². The van der Waals surface area contributed by atoms with Crippen molar-refractivity contribution in [1.82, 2.24) is 20.2 Å². The molecule has 0 saturated heterocycles. The summed E-state index contributed by atoms with van der Waals surface area (Å²) in [4.78, 5) is 1.36. The normalized spacial score (nSPS) is 16.3. The zero-order valence-electron chi connectivity index (χ0n) is 18.0. The summed E-state index contributed by atoms with van der Waals surface area (Å²) in [6.45, 7) is 2.43. The number of nitrogens with one attached hydrogen (secondary N) is 1. The van der Waals surface area contributed by atoms with Crippen molar-refractivity contribution in [1.29, 1.82) is 0 Å². The van der Waals surface area contributed by atoms with E-state index < -0.39 is 0 Å². The second-order valence-corrected chi connectivity index (χ2v) is 8.15. The summed E-state index contributed by atoms with van der Waals surface area (Å²) in [5.74, 6) is 1.38. The van der Waals surface area contributed by atoms with Crippen molar-refractivity contribution in [2.24, 2.45) is 0 Å². The van der Waals surface area contributed by atoms with Gasteiger partial charge in [0, 0.05) is 17.5 Å². The number of fused-ring (bicyclic) bond motifs is 1. The molecule has 2 atom stereocenters. The molecule has 0 bridgehead atoms. The first-order valence-corrected chi connectivity index (χ1v) is 10.8. The number of quaternary nitrogens is 1. The number of hydrogen-bond donors (Lipinski definition) is 2. The van der Waals surface area contributed by atoms with E-state index in [1.54, 1.807) is 13.2 Å². The lowest BCUT2D eigenvalue weighted by Crippen LogP contribution is -3.12. The minimum atomic E-state index is -0.100. The molecular weight excluding hydrogens is 402 g/mol. The molecule has 1 aliphatic rings. The molecule has 32 heavy (non-hydrogen) atoms. The second kappa shape index (κ2) is 8.80. The Morgan fingerprint density at radius 2 is 1.81 bits per heavy atom. The molecule has 0 radical (unpaired) electrons. The van der Waals surface area contributed by atoms with Crippen molar-refractivity contribution < 1.29 is 14.7 Å². The van der Waals surface area contributed by atoms with Gasteiger partial charge < -0.3 is 14.7 Å². The SMILES string of the molecule is COc1cc([C@@H](c2nnnn2Cc2ccccc2)[NH+]2CCc3ccccc3C2)ccc1O. The fourth-order valence-electron chi connectivity index (χ4n) is 4.58. The third-order valence-electron chi connectivity index (χ3n) is 6.19. The van der Waals surface area contributed by atoms with Gasteiger partial charge in [-0.05, 0) is 39.8 Å². The van der Waals surface area contributed by atoms with Gasteiger partial charge in [-0.3, -0.25) is 0 Å². The van der Waals surface area contributed by atoms with Crippen LogP contribution in [0.4, 0.5) is 0 Å². The first-order valence-electron chi connectivity index (χ1n) is 10.8. The van der Waals surface area contributed by atoms with Crippen LogP contribution in [-0.2, 0) is 19.5 Å². The predicted octanol–water partition coefficient (Wildman–Crippen LogP) is 2.17. The van der Waals surface area contributed by atoms with Crippen molar-refractivity contribution in [2.75, 3.05) is 13.7 Å². The van der Waals surface area contributed by atoms with Crippen LogP contribution in [0.25, 0.3) is 0 Å². The van der Waals surface area contributed by atoms with Crippen molar-refractivity contribution in [2.45, 2.75) is 25.6 Å². The largest absolute Gasteiger partial charge is 0.504 e. The summed E-state index contributed by atoms with van der Waals surface area (Å²) in [6.07, 6.45) is 0.997. The number of rotatable bonds is 6. The van der Waals surface area contributed by atoms with Gasteiger partial charge in [0.05, 0.1) is 20.2 Å². The molecule has 2 N–H and O–H groups in total. The summed E-state index contributed by atoms with van der Waals surface area (Å²) >= 11 is 0. The number of methoxy groups -OCH3 is 1. The van der Waals surface area contributed by atoms with Crippen molar-refractivity contribution >= 4 is 0 Å². The average Bonchev–Trinajstić information content (AvgIpc) is 3.28. The highest BCUT2D eigenvalue weighted by atomic mass is 16.5. The van der Waals surface area contributed by atoms with Gasteiger partial charge in [0.25, 0.3) is 0 Å². The minimum absolute atomic E-state index is 0.100. The minimum Gasteiger partial charge on any atom is -0.504 e. The van der Waals surface area contributed by atoms with E-state index in [0.29, 0.717) is 12.3 Å². The summed E-state index contributed by atoms with van der Waals surface area (Å²) in [7, 11) is 1.57. The molecule has 5 rings (SSSR count). The lowest BCUT2D eigenvalue weighted by molar-refractivity contribution is -0.941. The van der Waals surface area contributed by atoms with Crippen LogP contribution in [0.3, 0.4) is 0 Å². The Morgan fingerprint density at radius 3 is 2.62 bits per heavy atom. The number of ether oxygens (including phenoxy) is 1. The first-order chi connectivity index (χ1) is 15.7. The van der Waals surface area contributed by atoms with Gasteiger partial charge in [-0.1, -0.05) is 54.6 Å². The molecule has 162 valence electrons. The van der Waals surface area contributed by atoms with Crippen LogP contribution in [0.2, 0.25) is 0 Å². The molecule has 0 amide bonds. The Morgan fingerprint density at radius 1 is 1.03 bits per heavy atom. The summed E-state index contributed by atoms with van der Waals surface area (Å²) in [6, 6.07) is 24.2. The number of tetrazole rings is 1. The topological polar surface area (TPSA) is 77.5 Å². The maximum Gasteiger partial charge on any atom is 0.214 e. The Kier molecular flexibility index (Phi) is 5.56. The van der Waals surface area contributed by atoms with Gasteiger partial charge in [0.2, 0.25) is 5.82 Å². The Bertz CT molecular complexity index is 1210. The number of aromatic nitrogens is 4. The van der Waals surface area contributed by atoms with Crippen LogP contribution in [0.5, 0.6) is 11.5 Å². The van der Waals surface area contributed by atoms with Crippen molar-refractivity contribution in [3.05, 3.63) is 101 Å². The number of nitrogens with zero attached hydrogens (tertiary/aromatic N) is 4. The van der Waals surface area contributed by atoms with Gasteiger partial charge >= 0.3 is 0 Å². The number of benzene rings is 3. The number of aromatic hydroxyl groups is 1. The Balaban J connectivity index is 1.56. The van der Waals surface area contributed by atoms with Crippen molar-refractivity contribution in [3.8, 4) is 11.5 Å². The third-order valence-corrected chi connectivity index (χ3v) is 6.19. The van der Waals surface area contributed by atoms with E-state index in [0.717, 1.165) is 36.5 Å². The molecule has 3 aromatic carbocycles. The standard InChI is InChI=1S/C25H25N5O2/c1-32-23-15-20(11-12-22(23)31)24(29-14-13-19-9-5-6-10-21(19)17-29)25-26-27-28-30(25)16-18-7-3-2-4-8-18/h2-12,15,24,31H,13-14,16-17H2,1H3/p+1/t24-/m0/s1. The molecule has 2 heterocycles. The quantitative estimate of drug-likeness (QED) is 0.492. The highest BCUT2D eigenvalue weighted by Crippen LogP contribution is 2.30. The van der Waals surface area contributed by atoms with Gasteiger partial charge in [-0.2, -0.15) is 0 Å². The molecule has 4 aromatic rings. The lowest BCUT2D eigenvalue weighted by Gasteiger charge is -2.32. The van der Waals surface area contributed by atoms with Crippen LogP contribution in [0.1, 0.15) is 34.1 Å². The monoisotopic (exact) mass is 428 g/mol. The lowest BCUT2D eigenvalue weighted by atomic mass is 9.95. The fourth-order valence-corrected chi connectivity index (χ4v) is 4.58. The molecule has 1 aliphatic heterocycles. The highest BCUT2D eigenvalue weighted by molar-refractivity contribution is 5.43. The molecular formula is C25H26N5O2+. The van der Waals surface area contributed by atoms with Crippen LogP contribution < -0.4 is 9.64 Å². The van der Waals surface area contributed by atoms with E-state index in [1.807, 2.05) is 35.0 Å². The van der Waals surface area contributed by atoms with Gasteiger partial charge in [0.1, 0.15) is 6.54 Å². The maximum atomic E-state index is 10.2. The molecule has 0 aliphatic carbocycles. The zero-order valence-corrected chi connectivity index (χ0v) is 18.0. The van der Waals surface area contributed by atoms with E-state index in [4.69, 9.17) is 4.74 Å². The molecule has 7 heteroatoms. The second-order valence-electron chi connectivity index (χ2n) is 8.15. The van der Waals surface area contributed by atoms with E-state index in [-0.39, 0.29) is 11.8 Å². The number of hydrogen-bond acceptors (Lipinski definition) is 5. The molecule has 0 fully saturated rings. The third kappa shape index (κ3) is 3.94. The maximum absolute atomic E-state index is 10.2. The zero-order chi connectivity index (χ0) is 21.9. The van der Waals surface area contributed by atoms with Gasteiger partial charge in [0.15, 0.2) is 17.5 Å². The molecule has 1 aromatic heterocycles. The molecule has 1 unspecified atom stereocenters. The Labute approximate surface area is 186 Å². The Hall–Kier alpha value is -3.71. The van der Waals surface area contributed by atoms with Gasteiger partial charge in [-0.15, -0.1) is 5.10 Å². The molecule has 7 nitrogen and oxygen atoms in total. The fraction of sp³-hybridized carbons (Fsp3) is 0.240. The van der Waals surface area contributed by atoms with Crippen LogP contribution in [-0.4, -0.2) is 39.0 Å². The summed E-state index contributed by atoms with van der Waals surface area (Å²) in [5.41, 5.74) is 4.91. The van der Waals surface area contributed by atoms with E-state index >= 15 is 0 Å².